The Kier molecular flexibility index (Phi) is 4.17. The van der Waals surface area contributed by atoms with Crippen LogP contribution in [0.25, 0.3) is 11.0 Å². The zero-order valence-electron chi connectivity index (χ0n) is 11.9. The van der Waals surface area contributed by atoms with Crippen molar-refractivity contribution in [2.24, 2.45) is 0 Å². The molecule has 23 heavy (non-hydrogen) atoms. The van der Waals surface area contributed by atoms with Gasteiger partial charge in [-0.2, -0.15) is 0 Å². The van der Waals surface area contributed by atoms with Gasteiger partial charge >= 0.3 is 6.09 Å². The van der Waals surface area contributed by atoms with Gasteiger partial charge in [0.15, 0.2) is 0 Å². The van der Waals surface area contributed by atoms with Crippen LogP contribution in [0.15, 0.2) is 23.1 Å². The summed E-state index contributed by atoms with van der Waals surface area (Å²) >= 11 is 5.91. The number of sulfonamides is 1. The van der Waals surface area contributed by atoms with E-state index in [1.807, 2.05) is 4.57 Å². The van der Waals surface area contributed by atoms with Crippen molar-refractivity contribution in [1.82, 2.24) is 14.3 Å². The predicted octanol–water partition coefficient (Wildman–Crippen LogP) is 1.52. The first-order valence-electron chi connectivity index (χ1n) is 6.83. The van der Waals surface area contributed by atoms with Crippen molar-refractivity contribution in [2.75, 3.05) is 6.61 Å². The first-order chi connectivity index (χ1) is 10.9. The Hall–Kier alpha value is -1.84. The average Bonchev–Trinajstić information content (AvgIpc) is 2.78. The summed E-state index contributed by atoms with van der Waals surface area (Å²) in [6.07, 6.45) is -0.672. The van der Waals surface area contributed by atoms with E-state index in [9.17, 15) is 13.2 Å². The molecule has 1 saturated heterocycles. The third-order valence-corrected chi connectivity index (χ3v) is 5.19. The van der Waals surface area contributed by atoms with Gasteiger partial charge < -0.3 is 14.4 Å². The number of carboxylic acid groups (broad SMARTS) is 1. The van der Waals surface area contributed by atoms with Crippen molar-refractivity contribution in [3.8, 4) is 0 Å². The fourth-order valence-corrected chi connectivity index (χ4v) is 3.50. The molecule has 2 heterocycles. The fraction of sp³-hybridized carbons (Fsp3) is 0.385. The molecular weight excluding hydrogens is 346 g/mol. The van der Waals surface area contributed by atoms with Gasteiger partial charge in [-0.1, -0.05) is 0 Å². The minimum atomic E-state index is -4.14. The number of alkyl halides is 1. The highest BCUT2D eigenvalue weighted by Gasteiger charge is 2.23. The number of hydrogen-bond donors (Lipinski definition) is 2. The number of benzene rings is 1. The van der Waals surface area contributed by atoms with Crippen molar-refractivity contribution in [1.29, 1.82) is 0 Å². The molecule has 1 aromatic heterocycles. The molecule has 0 bridgehead atoms. The lowest BCUT2D eigenvalue weighted by Gasteiger charge is -2.27. The SMILES string of the molecule is O=C(O)NS(=O)(=O)c1ccc2nc(CCl)n(C[C@@H]3CCO3)c2c1. The van der Waals surface area contributed by atoms with Crippen LogP contribution in [0.4, 0.5) is 4.79 Å². The van der Waals surface area contributed by atoms with Crippen molar-refractivity contribution >= 4 is 38.8 Å². The van der Waals surface area contributed by atoms with E-state index in [0.29, 0.717) is 30.0 Å². The smallest absolute Gasteiger partial charge is 0.418 e. The van der Waals surface area contributed by atoms with Crippen LogP contribution in [0, 0.1) is 0 Å². The summed E-state index contributed by atoms with van der Waals surface area (Å²) in [6.45, 7) is 1.23. The Morgan fingerprint density at radius 1 is 1.52 bits per heavy atom. The summed E-state index contributed by atoms with van der Waals surface area (Å²) in [7, 11) is -4.14. The molecule has 2 aromatic rings. The molecule has 1 fully saturated rings. The number of ether oxygens (including phenoxy) is 1. The molecule has 1 amide bonds. The molecule has 2 N–H and O–H groups in total. The highest BCUT2D eigenvalue weighted by Crippen LogP contribution is 2.24. The number of aromatic nitrogens is 2. The van der Waals surface area contributed by atoms with E-state index in [2.05, 4.69) is 4.98 Å². The number of hydrogen-bond acceptors (Lipinski definition) is 5. The molecule has 0 radical (unpaired) electrons. The molecule has 124 valence electrons. The standard InChI is InChI=1S/C13H14ClN3O5S/c14-6-12-15-10-2-1-9(23(20,21)16-13(18)19)5-11(10)17(12)7-8-3-4-22-8/h1-2,5,8,16H,3-4,6-7H2,(H,18,19)/t8-/m0/s1. The number of carbonyl (C=O) groups is 1. The maximum Gasteiger partial charge on any atom is 0.418 e. The first kappa shape index (κ1) is 16.0. The molecule has 1 aliphatic rings. The van der Waals surface area contributed by atoms with E-state index in [1.54, 1.807) is 0 Å². The molecule has 8 nitrogen and oxygen atoms in total. The van der Waals surface area contributed by atoms with Gasteiger partial charge in [0.05, 0.1) is 34.5 Å². The van der Waals surface area contributed by atoms with Gasteiger partial charge in [-0.15, -0.1) is 11.6 Å². The van der Waals surface area contributed by atoms with Crippen LogP contribution < -0.4 is 4.72 Å². The van der Waals surface area contributed by atoms with Gasteiger partial charge in [-0.3, -0.25) is 0 Å². The zero-order valence-corrected chi connectivity index (χ0v) is 13.5. The number of rotatable bonds is 5. The van der Waals surface area contributed by atoms with Crippen LogP contribution in [-0.4, -0.2) is 41.9 Å². The lowest BCUT2D eigenvalue weighted by atomic mass is 10.2. The van der Waals surface area contributed by atoms with E-state index in [0.717, 1.165) is 6.42 Å². The number of nitrogens with one attached hydrogen (secondary N) is 1. The molecule has 1 atom stereocenters. The van der Waals surface area contributed by atoms with E-state index in [-0.39, 0.29) is 16.9 Å². The summed E-state index contributed by atoms with van der Waals surface area (Å²) in [5, 5.41) is 8.64. The van der Waals surface area contributed by atoms with Crippen LogP contribution in [0.3, 0.4) is 0 Å². The van der Waals surface area contributed by atoms with Gasteiger partial charge in [0.25, 0.3) is 10.0 Å². The van der Waals surface area contributed by atoms with Crippen molar-refractivity contribution in [3.63, 3.8) is 0 Å². The number of fused-ring (bicyclic) bond motifs is 1. The summed E-state index contributed by atoms with van der Waals surface area (Å²) in [4.78, 5) is 14.8. The topological polar surface area (TPSA) is 111 Å². The Balaban J connectivity index is 2.06. The van der Waals surface area contributed by atoms with Crippen LogP contribution in [0.5, 0.6) is 0 Å². The quantitative estimate of drug-likeness (QED) is 0.783. The largest absolute Gasteiger partial charge is 0.464 e. The third-order valence-electron chi connectivity index (χ3n) is 3.63. The van der Waals surface area contributed by atoms with Gasteiger partial charge in [-0.25, -0.2) is 22.9 Å². The minimum absolute atomic E-state index is 0.0479. The maximum atomic E-state index is 12.0. The Morgan fingerprint density at radius 2 is 2.26 bits per heavy atom. The van der Waals surface area contributed by atoms with Gasteiger partial charge in [-0.05, 0) is 24.6 Å². The van der Waals surface area contributed by atoms with Crippen molar-refractivity contribution < 1.29 is 23.1 Å². The predicted molar refractivity (Wildman–Crippen MR) is 82.0 cm³/mol. The Bertz CT molecular complexity index is 860. The summed E-state index contributed by atoms with van der Waals surface area (Å²) < 4.78 is 32.7. The van der Waals surface area contributed by atoms with E-state index < -0.39 is 16.1 Å². The number of imidazole rings is 1. The van der Waals surface area contributed by atoms with Gasteiger partial charge in [0.2, 0.25) is 0 Å². The molecule has 1 aromatic carbocycles. The Morgan fingerprint density at radius 3 is 2.83 bits per heavy atom. The van der Waals surface area contributed by atoms with E-state index >= 15 is 0 Å². The molecule has 3 rings (SSSR count). The molecule has 0 aliphatic carbocycles. The second kappa shape index (κ2) is 5.99. The maximum absolute atomic E-state index is 12.0. The second-order valence-electron chi connectivity index (χ2n) is 5.11. The summed E-state index contributed by atoms with van der Waals surface area (Å²) in [5.41, 5.74) is 1.17. The van der Waals surface area contributed by atoms with Crippen LogP contribution in [0.1, 0.15) is 12.2 Å². The molecule has 0 unspecified atom stereocenters. The third kappa shape index (κ3) is 3.12. The molecular formula is C13H14ClN3O5S. The fourth-order valence-electron chi connectivity index (χ4n) is 2.43. The Labute approximate surface area is 137 Å². The van der Waals surface area contributed by atoms with E-state index in [4.69, 9.17) is 21.4 Å². The van der Waals surface area contributed by atoms with Gasteiger partial charge in [0, 0.05) is 6.61 Å². The molecule has 1 aliphatic heterocycles. The number of amides is 1. The van der Waals surface area contributed by atoms with E-state index in [1.165, 1.54) is 22.9 Å². The molecule has 0 spiro atoms. The van der Waals surface area contributed by atoms with Crippen LogP contribution in [0.2, 0.25) is 0 Å². The van der Waals surface area contributed by atoms with Crippen LogP contribution >= 0.6 is 11.6 Å². The highest BCUT2D eigenvalue weighted by atomic mass is 35.5. The summed E-state index contributed by atoms with van der Waals surface area (Å²) in [5.74, 6) is 0.787. The number of halogens is 1. The molecule has 10 heteroatoms. The minimum Gasteiger partial charge on any atom is -0.464 e. The lowest BCUT2D eigenvalue weighted by Crippen LogP contribution is -2.31. The summed E-state index contributed by atoms with van der Waals surface area (Å²) in [6, 6.07) is 4.23. The van der Waals surface area contributed by atoms with Crippen molar-refractivity contribution in [2.45, 2.75) is 29.8 Å². The highest BCUT2D eigenvalue weighted by molar-refractivity contribution is 7.90. The van der Waals surface area contributed by atoms with Crippen LogP contribution in [-0.2, 0) is 27.2 Å². The van der Waals surface area contributed by atoms with Gasteiger partial charge in [0.1, 0.15) is 5.82 Å². The first-order valence-corrected chi connectivity index (χ1v) is 8.85. The second-order valence-corrected chi connectivity index (χ2v) is 7.06. The average molecular weight is 360 g/mol. The molecule has 0 saturated carbocycles. The number of nitrogens with zero attached hydrogens (tertiary/aromatic N) is 2. The van der Waals surface area contributed by atoms with Crippen molar-refractivity contribution in [3.05, 3.63) is 24.0 Å². The monoisotopic (exact) mass is 359 g/mol. The normalized spacial score (nSPS) is 17.9. The zero-order chi connectivity index (χ0) is 16.6. The lowest BCUT2D eigenvalue weighted by molar-refractivity contribution is -0.0589.